The molecule has 2 amide bonds. The summed E-state index contributed by atoms with van der Waals surface area (Å²) in [6.07, 6.45) is 0.647. The molecule has 0 aliphatic carbocycles. The van der Waals surface area contributed by atoms with Crippen molar-refractivity contribution in [1.82, 2.24) is 25.4 Å². The van der Waals surface area contributed by atoms with Crippen molar-refractivity contribution in [3.63, 3.8) is 0 Å². The first-order valence-corrected chi connectivity index (χ1v) is 16.6. The summed E-state index contributed by atoms with van der Waals surface area (Å²) < 4.78 is 6.85. The maximum atomic E-state index is 13.2. The second-order valence-electron chi connectivity index (χ2n) is 11.2. The van der Waals surface area contributed by atoms with Crippen molar-refractivity contribution in [3.8, 4) is 16.8 Å². The van der Waals surface area contributed by atoms with E-state index < -0.39 is 12.0 Å². The molecule has 0 unspecified atom stereocenters. The van der Waals surface area contributed by atoms with E-state index in [4.69, 9.17) is 21.3 Å². The highest BCUT2D eigenvalue weighted by Crippen LogP contribution is 2.39. The van der Waals surface area contributed by atoms with Gasteiger partial charge >= 0.3 is 5.97 Å². The highest BCUT2D eigenvalue weighted by molar-refractivity contribution is 7.15. The van der Waals surface area contributed by atoms with Gasteiger partial charge in [-0.3, -0.25) is 19.1 Å². The van der Waals surface area contributed by atoms with Gasteiger partial charge in [-0.1, -0.05) is 35.6 Å². The molecule has 0 saturated heterocycles. The van der Waals surface area contributed by atoms with Crippen molar-refractivity contribution >= 4 is 52.1 Å². The Hall–Kier alpha value is -4.83. The SMILES string of the molecule is CNCC#Cc1cc(NC(=O)CCCNC(=O)C[C@@H]2N=C(c3ccc(Cl)cc3)c3c(sc(C)c3C)-n3c(C)nnc32)ccc1C(=O)OC. The van der Waals surface area contributed by atoms with Gasteiger partial charge in [0.25, 0.3) is 0 Å². The average molecular weight is 686 g/mol. The normalized spacial score (nSPS) is 13.3. The minimum atomic E-state index is -0.585. The third kappa shape index (κ3) is 7.65. The van der Waals surface area contributed by atoms with Crippen LogP contribution in [0.1, 0.15) is 74.4 Å². The van der Waals surface area contributed by atoms with Crippen molar-refractivity contribution in [2.45, 2.75) is 46.1 Å². The Labute approximate surface area is 288 Å². The van der Waals surface area contributed by atoms with E-state index in [9.17, 15) is 14.4 Å². The molecule has 0 fully saturated rings. The molecule has 11 nitrogen and oxygen atoms in total. The molecule has 248 valence electrons. The molecule has 1 aliphatic heterocycles. The molecule has 4 aromatic rings. The molecule has 13 heteroatoms. The number of halogens is 1. The Kier molecular flexibility index (Phi) is 11.1. The van der Waals surface area contributed by atoms with E-state index in [2.05, 4.69) is 51.8 Å². The maximum Gasteiger partial charge on any atom is 0.339 e. The van der Waals surface area contributed by atoms with Gasteiger partial charge < -0.3 is 20.7 Å². The Morgan fingerprint density at radius 3 is 2.56 bits per heavy atom. The fraction of sp³-hybridized carbons (Fsp3) is 0.314. The van der Waals surface area contributed by atoms with Gasteiger partial charge in [-0.25, -0.2) is 4.79 Å². The summed E-state index contributed by atoms with van der Waals surface area (Å²) in [7, 11) is 3.07. The number of rotatable bonds is 10. The molecular formula is C35H36ClN7O4S. The van der Waals surface area contributed by atoms with Gasteiger partial charge in [0, 0.05) is 45.2 Å². The van der Waals surface area contributed by atoms with Gasteiger partial charge in [0.15, 0.2) is 5.82 Å². The number of esters is 1. The summed E-state index contributed by atoms with van der Waals surface area (Å²) in [6, 6.07) is 11.8. The van der Waals surface area contributed by atoms with Crippen LogP contribution >= 0.6 is 22.9 Å². The van der Waals surface area contributed by atoms with E-state index >= 15 is 0 Å². The maximum absolute atomic E-state index is 13.2. The predicted octanol–water partition coefficient (Wildman–Crippen LogP) is 5.08. The van der Waals surface area contributed by atoms with Gasteiger partial charge in [0.05, 0.1) is 31.4 Å². The van der Waals surface area contributed by atoms with E-state index in [1.165, 1.54) is 7.11 Å². The van der Waals surface area contributed by atoms with E-state index in [1.54, 1.807) is 36.6 Å². The highest BCUT2D eigenvalue weighted by atomic mass is 35.5. The minimum absolute atomic E-state index is 0.0539. The third-order valence-corrected chi connectivity index (χ3v) is 9.28. The number of anilines is 1. The van der Waals surface area contributed by atoms with Crippen LogP contribution in [0.4, 0.5) is 5.69 Å². The van der Waals surface area contributed by atoms with Crippen LogP contribution in [0.15, 0.2) is 47.5 Å². The number of aryl methyl sites for hydroxylation is 2. The van der Waals surface area contributed by atoms with Crippen LogP contribution in [0.25, 0.3) is 5.00 Å². The van der Waals surface area contributed by atoms with Crippen molar-refractivity contribution in [1.29, 1.82) is 0 Å². The van der Waals surface area contributed by atoms with Crippen molar-refractivity contribution < 1.29 is 19.1 Å². The summed E-state index contributed by atoms with van der Waals surface area (Å²) in [5.41, 5.74) is 5.05. The molecular weight excluding hydrogens is 650 g/mol. The van der Waals surface area contributed by atoms with Crippen LogP contribution in [0.5, 0.6) is 0 Å². The number of hydrogen-bond donors (Lipinski definition) is 3. The van der Waals surface area contributed by atoms with E-state index in [1.807, 2.05) is 35.8 Å². The molecule has 3 N–H and O–H groups in total. The fourth-order valence-corrected chi connectivity index (χ4v) is 6.66. The number of hydrogen-bond acceptors (Lipinski definition) is 9. The van der Waals surface area contributed by atoms with Crippen LogP contribution in [0.2, 0.25) is 5.02 Å². The summed E-state index contributed by atoms with van der Waals surface area (Å²) in [5, 5.41) is 19.1. The molecule has 1 aliphatic rings. The predicted molar refractivity (Wildman–Crippen MR) is 187 cm³/mol. The van der Waals surface area contributed by atoms with Crippen LogP contribution in [0, 0.1) is 32.6 Å². The van der Waals surface area contributed by atoms with Crippen LogP contribution < -0.4 is 16.0 Å². The molecule has 2 aromatic carbocycles. The van der Waals surface area contributed by atoms with Gasteiger partial charge in [-0.15, -0.1) is 21.5 Å². The van der Waals surface area contributed by atoms with E-state index in [0.29, 0.717) is 53.0 Å². The summed E-state index contributed by atoms with van der Waals surface area (Å²) in [5.74, 6) is 6.22. The molecule has 0 saturated carbocycles. The minimum Gasteiger partial charge on any atom is -0.465 e. The lowest BCUT2D eigenvalue weighted by molar-refractivity contribution is -0.122. The molecule has 0 bridgehead atoms. The lowest BCUT2D eigenvalue weighted by atomic mass is 9.99. The number of nitrogens with zero attached hydrogens (tertiary/aromatic N) is 4. The number of amides is 2. The highest BCUT2D eigenvalue weighted by Gasteiger charge is 2.32. The zero-order valence-electron chi connectivity index (χ0n) is 27.4. The number of carbonyl (C=O) groups excluding carboxylic acids is 3. The smallest absolute Gasteiger partial charge is 0.339 e. The van der Waals surface area contributed by atoms with Crippen molar-refractivity contribution in [2.75, 3.05) is 32.6 Å². The standard InChI is InChI=1S/C35H36ClN7O4S/c1-20-21(2)48-34-31(20)32(23-10-12-25(36)13-11-23)40-28(33-42-41-22(3)43(33)34)19-30(45)38-17-7-9-29(44)39-26-14-15-27(35(46)47-5)24(18-26)8-6-16-37-4/h10-15,18,28,37H,7,9,16-17,19H2,1-5H3,(H,38,45)(H,39,44)/t28-/m0/s1. The number of nitrogens with one attached hydrogen (secondary N) is 3. The van der Waals surface area contributed by atoms with Gasteiger partial charge in [0.2, 0.25) is 11.8 Å². The first kappa shape index (κ1) is 34.5. The topological polar surface area (TPSA) is 140 Å². The van der Waals surface area contributed by atoms with E-state index in [0.717, 1.165) is 32.3 Å². The van der Waals surface area contributed by atoms with Crippen molar-refractivity contribution in [2.24, 2.45) is 4.99 Å². The van der Waals surface area contributed by atoms with Gasteiger partial charge in [-0.2, -0.15) is 0 Å². The van der Waals surface area contributed by atoms with Gasteiger partial charge in [0.1, 0.15) is 16.9 Å². The molecule has 2 aromatic heterocycles. The summed E-state index contributed by atoms with van der Waals surface area (Å²) in [4.78, 5) is 44.4. The molecule has 1 atom stereocenters. The zero-order chi connectivity index (χ0) is 34.4. The number of benzene rings is 2. The first-order valence-electron chi connectivity index (χ1n) is 15.4. The Bertz CT molecular complexity index is 1950. The van der Waals surface area contributed by atoms with Crippen LogP contribution in [0.3, 0.4) is 0 Å². The number of methoxy groups -OCH3 is 1. The molecule has 3 heterocycles. The average Bonchev–Trinajstić information content (AvgIpc) is 3.55. The number of carbonyl (C=O) groups is 3. The first-order chi connectivity index (χ1) is 23.1. The number of ether oxygens (including phenoxy) is 1. The van der Waals surface area contributed by atoms with Crippen LogP contribution in [-0.2, 0) is 14.3 Å². The van der Waals surface area contributed by atoms with Gasteiger partial charge in [-0.05, 0) is 70.1 Å². The Morgan fingerprint density at radius 1 is 1.06 bits per heavy atom. The van der Waals surface area contributed by atoms with E-state index in [-0.39, 0.29) is 24.7 Å². The summed E-state index contributed by atoms with van der Waals surface area (Å²) in [6.45, 7) is 6.79. The lowest BCUT2D eigenvalue weighted by Gasteiger charge is -2.13. The fourth-order valence-electron chi connectivity index (χ4n) is 5.32. The van der Waals surface area contributed by atoms with Crippen molar-refractivity contribution in [3.05, 3.63) is 91.8 Å². The Morgan fingerprint density at radius 2 is 1.83 bits per heavy atom. The lowest BCUT2D eigenvalue weighted by Crippen LogP contribution is -2.27. The molecule has 48 heavy (non-hydrogen) atoms. The molecule has 0 spiro atoms. The second kappa shape index (κ2) is 15.4. The summed E-state index contributed by atoms with van der Waals surface area (Å²) >= 11 is 7.85. The largest absolute Gasteiger partial charge is 0.465 e. The molecule has 5 rings (SSSR count). The molecule has 0 radical (unpaired) electrons. The Balaban J connectivity index is 1.25. The third-order valence-electron chi connectivity index (χ3n) is 7.84. The number of aromatic nitrogens is 3. The zero-order valence-corrected chi connectivity index (χ0v) is 28.9. The second-order valence-corrected chi connectivity index (χ2v) is 12.8. The van der Waals surface area contributed by atoms with Crippen LogP contribution in [-0.4, -0.2) is 65.5 Å². The quantitative estimate of drug-likeness (QED) is 0.120. The number of thiophene rings is 1. The monoisotopic (exact) mass is 685 g/mol. The number of aliphatic imine (C=N–C) groups is 1. The number of fused-ring (bicyclic) bond motifs is 3.